The molecule has 3 fully saturated rings. The van der Waals surface area contributed by atoms with Crippen LogP contribution < -0.4 is 5.73 Å². The lowest BCUT2D eigenvalue weighted by molar-refractivity contribution is -0.0150. The van der Waals surface area contributed by atoms with Crippen LogP contribution in [0, 0.1) is 0 Å². The zero-order valence-electron chi connectivity index (χ0n) is 13.0. The molecule has 0 spiro atoms. The summed E-state index contributed by atoms with van der Waals surface area (Å²) in [5.41, 5.74) is 5.51. The number of hydrogen-bond acceptors (Lipinski definition) is 4. The fraction of sp³-hybridized carbons (Fsp3) is 1.00. The molecule has 2 N–H and O–H groups in total. The zero-order valence-corrected chi connectivity index (χ0v) is 13.0. The van der Waals surface area contributed by atoms with E-state index in [1.165, 1.54) is 51.6 Å². The largest absolute Gasteiger partial charge is 0.378 e. The maximum absolute atomic E-state index is 5.92. The van der Waals surface area contributed by atoms with E-state index in [2.05, 4.69) is 16.8 Å². The highest BCUT2D eigenvalue weighted by atomic mass is 16.5. The van der Waals surface area contributed by atoms with Crippen LogP contribution >= 0.6 is 0 Å². The molecule has 0 aromatic heterocycles. The van der Waals surface area contributed by atoms with Crippen molar-refractivity contribution in [2.24, 2.45) is 5.73 Å². The van der Waals surface area contributed by atoms with E-state index in [9.17, 15) is 0 Å². The number of nitrogens with zero attached hydrogens (tertiary/aromatic N) is 2. The van der Waals surface area contributed by atoms with Gasteiger partial charge in [0.1, 0.15) is 0 Å². The van der Waals surface area contributed by atoms with Gasteiger partial charge in [0.05, 0.1) is 6.10 Å². The Kier molecular flexibility index (Phi) is 4.97. The first-order valence-electron chi connectivity index (χ1n) is 8.55. The predicted octanol–water partition coefficient (Wildman–Crippen LogP) is 1.44. The molecule has 2 atom stereocenters. The van der Waals surface area contributed by atoms with Crippen molar-refractivity contribution in [3.63, 3.8) is 0 Å². The van der Waals surface area contributed by atoms with Crippen LogP contribution in [-0.2, 0) is 4.74 Å². The third-order valence-electron chi connectivity index (χ3n) is 5.77. The third-order valence-corrected chi connectivity index (χ3v) is 5.77. The Hall–Kier alpha value is -0.160. The maximum atomic E-state index is 5.92. The fourth-order valence-electron chi connectivity index (χ4n) is 4.42. The van der Waals surface area contributed by atoms with Crippen molar-refractivity contribution in [2.75, 3.05) is 33.3 Å². The number of ether oxygens (including phenoxy) is 1. The molecule has 4 heteroatoms. The van der Waals surface area contributed by atoms with Crippen LogP contribution in [0.25, 0.3) is 0 Å². The van der Waals surface area contributed by atoms with Crippen LogP contribution in [0.2, 0.25) is 0 Å². The first kappa shape index (κ1) is 14.8. The Morgan fingerprint density at radius 2 is 1.65 bits per heavy atom. The summed E-state index contributed by atoms with van der Waals surface area (Å²) >= 11 is 0. The summed E-state index contributed by atoms with van der Waals surface area (Å²) in [5.74, 6) is 0. The van der Waals surface area contributed by atoms with Crippen molar-refractivity contribution in [1.29, 1.82) is 0 Å². The SMILES string of the molecule is CN1C2CCC1CC(N1CCC(OCCCN)CC1)C2. The molecule has 4 nitrogen and oxygen atoms in total. The van der Waals surface area contributed by atoms with Gasteiger partial charge in [-0.15, -0.1) is 0 Å². The van der Waals surface area contributed by atoms with Crippen LogP contribution in [0.4, 0.5) is 0 Å². The Labute approximate surface area is 123 Å². The van der Waals surface area contributed by atoms with Crippen LogP contribution in [0.1, 0.15) is 44.9 Å². The Morgan fingerprint density at radius 3 is 2.25 bits per heavy atom. The van der Waals surface area contributed by atoms with Crippen LogP contribution in [0.5, 0.6) is 0 Å². The van der Waals surface area contributed by atoms with Crippen molar-refractivity contribution in [3.05, 3.63) is 0 Å². The summed E-state index contributed by atoms with van der Waals surface area (Å²) in [6, 6.07) is 2.56. The molecule has 0 saturated carbocycles. The topological polar surface area (TPSA) is 41.7 Å². The Morgan fingerprint density at radius 1 is 1.00 bits per heavy atom. The lowest BCUT2D eigenvalue weighted by Gasteiger charge is -2.44. The highest BCUT2D eigenvalue weighted by molar-refractivity contribution is 4.97. The van der Waals surface area contributed by atoms with Crippen LogP contribution in [0.15, 0.2) is 0 Å². The molecule has 2 bridgehead atoms. The summed E-state index contributed by atoms with van der Waals surface area (Å²) in [7, 11) is 2.33. The van der Waals surface area contributed by atoms with Gasteiger partial charge in [-0.1, -0.05) is 0 Å². The van der Waals surface area contributed by atoms with Crippen LogP contribution in [-0.4, -0.2) is 67.3 Å². The minimum atomic E-state index is 0.487. The highest BCUT2D eigenvalue weighted by Crippen LogP contribution is 2.37. The van der Waals surface area contributed by atoms with E-state index in [0.717, 1.165) is 37.7 Å². The molecule has 20 heavy (non-hydrogen) atoms. The second-order valence-corrected chi connectivity index (χ2v) is 6.92. The summed E-state index contributed by atoms with van der Waals surface area (Å²) in [4.78, 5) is 5.39. The molecule has 3 saturated heterocycles. The molecule has 0 aliphatic carbocycles. The average Bonchev–Trinajstić information content (AvgIpc) is 2.69. The second kappa shape index (κ2) is 6.73. The summed E-state index contributed by atoms with van der Waals surface area (Å²) in [6.07, 6.45) is 9.56. The van der Waals surface area contributed by atoms with Gasteiger partial charge in [-0.2, -0.15) is 0 Å². The third kappa shape index (κ3) is 3.19. The fourth-order valence-corrected chi connectivity index (χ4v) is 4.42. The second-order valence-electron chi connectivity index (χ2n) is 6.92. The van der Waals surface area contributed by atoms with E-state index in [-0.39, 0.29) is 0 Å². The van der Waals surface area contributed by atoms with E-state index >= 15 is 0 Å². The smallest absolute Gasteiger partial charge is 0.0599 e. The molecule has 2 unspecified atom stereocenters. The van der Waals surface area contributed by atoms with Gasteiger partial charge in [0.2, 0.25) is 0 Å². The minimum absolute atomic E-state index is 0.487. The molecule has 0 radical (unpaired) electrons. The number of hydrogen-bond donors (Lipinski definition) is 1. The van der Waals surface area contributed by atoms with Crippen LogP contribution in [0.3, 0.4) is 0 Å². The monoisotopic (exact) mass is 281 g/mol. The normalized spacial score (nSPS) is 36.6. The molecule has 3 rings (SSSR count). The zero-order chi connectivity index (χ0) is 13.9. The average molecular weight is 281 g/mol. The van der Waals surface area contributed by atoms with Crippen molar-refractivity contribution in [2.45, 2.75) is 69.2 Å². The quantitative estimate of drug-likeness (QED) is 0.774. The Bertz CT molecular complexity index is 290. The van der Waals surface area contributed by atoms with Gasteiger partial charge >= 0.3 is 0 Å². The van der Waals surface area contributed by atoms with Crippen molar-refractivity contribution >= 4 is 0 Å². The highest BCUT2D eigenvalue weighted by Gasteiger charge is 2.40. The number of nitrogens with two attached hydrogens (primary N) is 1. The van der Waals surface area contributed by atoms with E-state index in [0.29, 0.717) is 6.10 Å². The molecule has 116 valence electrons. The molecule has 3 aliphatic rings. The lowest BCUT2D eigenvalue weighted by atomic mass is 9.94. The van der Waals surface area contributed by atoms with Gasteiger partial charge in [0, 0.05) is 37.8 Å². The van der Waals surface area contributed by atoms with Gasteiger partial charge in [0.15, 0.2) is 0 Å². The number of likely N-dealkylation sites (tertiary alicyclic amines) is 1. The Balaban J connectivity index is 1.42. The standard InChI is InChI=1S/C16H31N3O/c1-18-13-3-4-14(18)12-15(11-13)19-8-5-16(6-9-19)20-10-2-7-17/h13-16H,2-12,17H2,1H3. The van der Waals surface area contributed by atoms with E-state index in [1.54, 1.807) is 0 Å². The van der Waals surface area contributed by atoms with E-state index < -0.39 is 0 Å². The number of rotatable bonds is 5. The first-order chi connectivity index (χ1) is 9.78. The van der Waals surface area contributed by atoms with E-state index in [4.69, 9.17) is 10.5 Å². The first-order valence-corrected chi connectivity index (χ1v) is 8.55. The van der Waals surface area contributed by atoms with Crippen molar-refractivity contribution in [1.82, 2.24) is 9.80 Å². The number of piperidine rings is 2. The summed E-state index contributed by atoms with van der Waals surface area (Å²) in [5, 5.41) is 0. The van der Waals surface area contributed by atoms with Gasteiger partial charge < -0.3 is 20.3 Å². The molecular formula is C16H31N3O. The molecule has 0 amide bonds. The molecule has 3 aliphatic heterocycles. The molecule has 0 aromatic rings. The van der Waals surface area contributed by atoms with E-state index in [1.807, 2.05) is 0 Å². The summed E-state index contributed by atoms with van der Waals surface area (Å²) in [6.45, 7) is 4.07. The minimum Gasteiger partial charge on any atom is -0.378 e. The number of fused-ring (bicyclic) bond motifs is 2. The van der Waals surface area contributed by atoms with Crippen molar-refractivity contribution in [3.8, 4) is 0 Å². The molecular weight excluding hydrogens is 250 g/mol. The van der Waals surface area contributed by atoms with Gasteiger partial charge in [0.25, 0.3) is 0 Å². The summed E-state index contributed by atoms with van der Waals surface area (Å²) < 4.78 is 5.92. The lowest BCUT2D eigenvalue weighted by Crippen LogP contribution is -2.51. The van der Waals surface area contributed by atoms with Gasteiger partial charge in [-0.25, -0.2) is 0 Å². The van der Waals surface area contributed by atoms with Gasteiger partial charge in [-0.05, 0) is 58.5 Å². The van der Waals surface area contributed by atoms with Crippen molar-refractivity contribution < 1.29 is 4.74 Å². The van der Waals surface area contributed by atoms with Gasteiger partial charge in [-0.3, -0.25) is 0 Å². The molecule has 3 heterocycles. The molecule has 0 aromatic carbocycles. The maximum Gasteiger partial charge on any atom is 0.0599 e. The predicted molar refractivity (Wildman–Crippen MR) is 81.8 cm³/mol.